The number of nitrogens with one attached hydrogen (secondary N) is 1. The number of hydrogen-bond acceptors (Lipinski definition) is 7. The molecule has 4 rings (SSSR count). The minimum Gasteiger partial charge on any atom is -0.493 e. The summed E-state index contributed by atoms with van der Waals surface area (Å²) >= 11 is 0. The Balaban J connectivity index is 1.42. The van der Waals surface area contributed by atoms with Gasteiger partial charge >= 0.3 is 5.97 Å². The van der Waals surface area contributed by atoms with E-state index in [9.17, 15) is 9.59 Å². The predicted octanol–water partition coefficient (Wildman–Crippen LogP) is 2.97. The Hall–Kier alpha value is -3.42. The highest BCUT2D eigenvalue weighted by Gasteiger charge is 2.27. The zero-order chi connectivity index (χ0) is 21.3. The lowest BCUT2D eigenvalue weighted by Gasteiger charge is -2.19. The number of carbonyl (C=O) groups excluding carboxylic acids is 2. The highest BCUT2D eigenvalue weighted by Crippen LogP contribution is 2.39. The second kappa shape index (κ2) is 8.14. The first-order valence-corrected chi connectivity index (χ1v) is 9.73. The molecule has 2 aliphatic heterocycles. The maximum atomic E-state index is 12.6. The SMILES string of the molecule is COc1cc(C(=O)OC(C)C(=O)Nc2ccc3c(c2)OCCO3)cc2c1OC(C)C2. The first-order valence-electron chi connectivity index (χ1n) is 9.73. The summed E-state index contributed by atoms with van der Waals surface area (Å²) in [6.07, 6.45) is -0.316. The third-order valence-corrected chi connectivity index (χ3v) is 4.88. The van der Waals surface area contributed by atoms with Gasteiger partial charge in [-0.05, 0) is 38.1 Å². The Morgan fingerprint density at radius 3 is 2.67 bits per heavy atom. The van der Waals surface area contributed by atoms with Gasteiger partial charge in [0.1, 0.15) is 19.3 Å². The lowest BCUT2D eigenvalue weighted by Crippen LogP contribution is -2.30. The van der Waals surface area contributed by atoms with Crippen molar-refractivity contribution >= 4 is 17.6 Å². The van der Waals surface area contributed by atoms with Crippen LogP contribution in [0.4, 0.5) is 5.69 Å². The van der Waals surface area contributed by atoms with Crippen molar-refractivity contribution in [3.8, 4) is 23.0 Å². The van der Waals surface area contributed by atoms with Crippen LogP contribution in [0.1, 0.15) is 29.8 Å². The molecule has 8 heteroatoms. The van der Waals surface area contributed by atoms with Crippen LogP contribution in [0.25, 0.3) is 0 Å². The quantitative estimate of drug-likeness (QED) is 0.754. The zero-order valence-corrected chi connectivity index (χ0v) is 17.0. The van der Waals surface area contributed by atoms with Crippen molar-refractivity contribution in [3.05, 3.63) is 41.5 Å². The second-order valence-electron chi connectivity index (χ2n) is 7.19. The van der Waals surface area contributed by atoms with Crippen LogP contribution in [0.15, 0.2) is 30.3 Å². The number of ether oxygens (including phenoxy) is 5. The lowest BCUT2D eigenvalue weighted by molar-refractivity contribution is -0.123. The number of hydrogen-bond donors (Lipinski definition) is 1. The molecule has 2 atom stereocenters. The number of benzene rings is 2. The maximum absolute atomic E-state index is 12.6. The normalized spacial score (nSPS) is 17.4. The standard InChI is InChI=1S/C22H23NO7/c1-12-8-14-9-15(10-19(26-3)20(14)29-12)22(25)30-13(2)21(24)23-16-4-5-17-18(11-16)28-7-6-27-17/h4-5,9-13H,6-8H2,1-3H3,(H,23,24). The fourth-order valence-corrected chi connectivity index (χ4v) is 3.41. The number of amides is 1. The van der Waals surface area contributed by atoms with Crippen LogP contribution in [0.5, 0.6) is 23.0 Å². The number of rotatable bonds is 5. The summed E-state index contributed by atoms with van der Waals surface area (Å²) in [6, 6.07) is 8.38. The van der Waals surface area contributed by atoms with Gasteiger partial charge in [0, 0.05) is 23.7 Å². The van der Waals surface area contributed by atoms with E-state index in [0.717, 1.165) is 5.56 Å². The molecule has 0 aliphatic carbocycles. The third-order valence-electron chi connectivity index (χ3n) is 4.88. The average Bonchev–Trinajstić information content (AvgIpc) is 3.12. The van der Waals surface area contributed by atoms with Crippen molar-refractivity contribution in [3.63, 3.8) is 0 Å². The van der Waals surface area contributed by atoms with E-state index in [1.165, 1.54) is 14.0 Å². The molecule has 0 saturated heterocycles. The molecular weight excluding hydrogens is 390 g/mol. The van der Waals surface area contributed by atoms with Crippen LogP contribution in [-0.2, 0) is 16.0 Å². The summed E-state index contributed by atoms with van der Waals surface area (Å²) in [5, 5.41) is 2.72. The molecule has 2 aromatic rings. The molecule has 2 aliphatic rings. The Kier molecular flexibility index (Phi) is 5.39. The molecule has 1 N–H and O–H groups in total. The highest BCUT2D eigenvalue weighted by atomic mass is 16.6. The molecule has 30 heavy (non-hydrogen) atoms. The van der Waals surface area contributed by atoms with Crippen LogP contribution in [0, 0.1) is 0 Å². The molecule has 8 nitrogen and oxygen atoms in total. The smallest absolute Gasteiger partial charge is 0.339 e. The molecule has 158 valence electrons. The van der Waals surface area contributed by atoms with Crippen molar-refractivity contribution in [2.75, 3.05) is 25.6 Å². The minimum absolute atomic E-state index is 0.0101. The fourth-order valence-electron chi connectivity index (χ4n) is 3.41. The van der Waals surface area contributed by atoms with Crippen molar-refractivity contribution in [2.45, 2.75) is 32.5 Å². The molecule has 0 spiro atoms. The molecule has 2 aromatic carbocycles. The number of esters is 1. The van der Waals surface area contributed by atoms with Gasteiger partial charge < -0.3 is 29.0 Å². The van der Waals surface area contributed by atoms with Crippen molar-refractivity contribution in [1.29, 1.82) is 0 Å². The first-order chi connectivity index (χ1) is 14.4. The highest BCUT2D eigenvalue weighted by molar-refractivity contribution is 5.98. The van der Waals surface area contributed by atoms with Crippen LogP contribution < -0.4 is 24.3 Å². The van der Waals surface area contributed by atoms with E-state index < -0.39 is 18.0 Å². The van der Waals surface area contributed by atoms with Gasteiger partial charge in [-0.1, -0.05) is 0 Å². The van der Waals surface area contributed by atoms with Crippen LogP contribution >= 0.6 is 0 Å². The van der Waals surface area contributed by atoms with Crippen molar-refractivity contribution in [1.82, 2.24) is 0 Å². The van der Waals surface area contributed by atoms with Gasteiger partial charge in [0.2, 0.25) is 0 Å². The number of fused-ring (bicyclic) bond motifs is 2. The summed E-state index contributed by atoms with van der Waals surface area (Å²) in [5.74, 6) is 1.24. The van der Waals surface area contributed by atoms with Gasteiger partial charge in [-0.15, -0.1) is 0 Å². The topological polar surface area (TPSA) is 92.3 Å². The summed E-state index contributed by atoms with van der Waals surface area (Å²) in [5.41, 5.74) is 1.71. The largest absolute Gasteiger partial charge is 0.493 e. The van der Waals surface area contributed by atoms with Gasteiger partial charge in [-0.25, -0.2) is 4.79 Å². The molecule has 1 amide bonds. The summed E-state index contributed by atoms with van der Waals surface area (Å²) in [6.45, 7) is 4.40. The van der Waals surface area contributed by atoms with Crippen molar-refractivity contribution < 1.29 is 33.3 Å². The van der Waals surface area contributed by atoms with Crippen LogP contribution in [0.2, 0.25) is 0 Å². The van der Waals surface area contributed by atoms with E-state index in [-0.39, 0.29) is 6.10 Å². The summed E-state index contributed by atoms with van der Waals surface area (Å²) in [7, 11) is 1.51. The third kappa shape index (κ3) is 3.98. The molecule has 0 bridgehead atoms. The Morgan fingerprint density at radius 2 is 1.90 bits per heavy atom. The maximum Gasteiger partial charge on any atom is 0.339 e. The molecule has 0 aromatic heterocycles. The molecule has 0 fully saturated rings. The number of methoxy groups -OCH3 is 1. The lowest BCUT2D eigenvalue weighted by atomic mass is 10.1. The summed E-state index contributed by atoms with van der Waals surface area (Å²) in [4.78, 5) is 25.1. The van der Waals surface area contributed by atoms with E-state index in [2.05, 4.69) is 5.32 Å². The average molecular weight is 413 g/mol. The van der Waals surface area contributed by atoms with E-state index in [0.29, 0.717) is 53.9 Å². The van der Waals surface area contributed by atoms with Crippen LogP contribution in [-0.4, -0.2) is 44.4 Å². The second-order valence-corrected chi connectivity index (χ2v) is 7.19. The predicted molar refractivity (Wildman–Crippen MR) is 108 cm³/mol. The summed E-state index contributed by atoms with van der Waals surface area (Å²) < 4.78 is 27.4. The van der Waals surface area contributed by atoms with Gasteiger partial charge in [-0.3, -0.25) is 4.79 Å². The van der Waals surface area contributed by atoms with Crippen molar-refractivity contribution in [2.24, 2.45) is 0 Å². The first kappa shape index (κ1) is 19.9. The molecule has 2 unspecified atom stereocenters. The van der Waals surface area contributed by atoms with Gasteiger partial charge in [-0.2, -0.15) is 0 Å². The number of anilines is 1. The van der Waals surface area contributed by atoms with Crippen LogP contribution in [0.3, 0.4) is 0 Å². The Labute approximate surface area is 174 Å². The van der Waals surface area contributed by atoms with Gasteiger partial charge in [0.05, 0.1) is 12.7 Å². The van der Waals surface area contributed by atoms with E-state index in [1.54, 1.807) is 30.3 Å². The van der Waals surface area contributed by atoms with E-state index >= 15 is 0 Å². The van der Waals surface area contributed by atoms with E-state index in [4.69, 9.17) is 23.7 Å². The van der Waals surface area contributed by atoms with E-state index in [1.807, 2.05) is 6.92 Å². The molecule has 0 radical (unpaired) electrons. The number of carbonyl (C=O) groups is 2. The van der Waals surface area contributed by atoms with Gasteiger partial charge in [0.25, 0.3) is 5.91 Å². The van der Waals surface area contributed by atoms with Gasteiger partial charge in [0.15, 0.2) is 29.1 Å². The molecular formula is C22H23NO7. The zero-order valence-electron chi connectivity index (χ0n) is 17.0. The Bertz CT molecular complexity index is 988. The Morgan fingerprint density at radius 1 is 1.13 bits per heavy atom. The molecule has 2 heterocycles. The monoisotopic (exact) mass is 413 g/mol. The fraction of sp³-hybridized carbons (Fsp3) is 0.364. The minimum atomic E-state index is -1.000. The molecule has 0 saturated carbocycles.